The number of carboxylic acids is 1. The quantitative estimate of drug-likeness (QED) is 0.768. The van der Waals surface area contributed by atoms with Crippen LogP contribution in [0.25, 0.3) is 0 Å². The van der Waals surface area contributed by atoms with Gasteiger partial charge in [0.2, 0.25) is 0 Å². The smallest absolute Gasteiger partial charge is 0.336 e. The van der Waals surface area contributed by atoms with E-state index in [1.807, 2.05) is 12.1 Å². The summed E-state index contributed by atoms with van der Waals surface area (Å²) in [5, 5.41) is 13.1. The summed E-state index contributed by atoms with van der Waals surface area (Å²) in [7, 11) is 0. The molecule has 26 heavy (non-hydrogen) atoms. The van der Waals surface area contributed by atoms with Crippen molar-refractivity contribution in [1.29, 1.82) is 0 Å². The van der Waals surface area contributed by atoms with Crippen molar-refractivity contribution in [3.8, 4) is 0 Å². The monoisotopic (exact) mass is 356 g/mol. The summed E-state index contributed by atoms with van der Waals surface area (Å²) in [6.45, 7) is 7.30. The van der Waals surface area contributed by atoms with Crippen LogP contribution in [-0.4, -0.2) is 53.4 Å². The lowest BCUT2D eigenvalue weighted by atomic mass is 9.87. The van der Waals surface area contributed by atoms with Crippen LogP contribution < -0.4 is 5.32 Å². The fourth-order valence-electron chi connectivity index (χ4n) is 4.50. The molecule has 0 radical (unpaired) electrons. The summed E-state index contributed by atoms with van der Waals surface area (Å²) in [5.41, 5.74) is 1.32. The molecule has 1 aliphatic carbocycles. The second kappa shape index (κ2) is 7.14. The van der Waals surface area contributed by atoms with Crippen molar-refractivity contribution in [1.82, 2.24) is 10.2 Å². The number of piperidine rings is 1. The second-order valence-electron chi connectivity index (χ2n) is 8.04. The van der Waals surface area contributed by atoms with Gasteiger partial charge in [0.15, 0.2) is 0 Å². The van der Waals surface area contributed by atoms with Crippen molar-refractivity contribution in [2.45, 2.75) is 49.9 Å². The zero-order chi connectivity index (χ0) is 18.1. The van der Waals surface area contributed by atoms with E-state index in [9.17, 15) is 9.90 Å². The molecule has 3 atom stereocenters. The Kier molecular flexibility index (Phi) is 4.86. The average Bonchev–Trinajstić information content (AvgIpc) is 3.29. The third-order valence-corrected chi connectivity index (χ3v) is 6.21. The molecule has 0 bridgehead atoms. The Balaban J connectivity index is 1.29. The predicted molar refractivity (Wildman–Crippen MR) is 100 cm³/mol. The third-order valence-electron chi connectivity index (χ3n) is 6.21. The molecule has 5 nitrogen and oxygen atoms in total. The molecule has 2 heterocycles. The number of nitrogens with one attached hydrogen (secondary N) is 1. The highest BCUT2D eigenvalue weighted by molar-refractivity contribution is 5.89. The van der Waals surface area contributed by atoms with E-state index in [1.165, 1.54) is 6.42 Å². The summed E-state index contributed by atoms with van der Waals surface area (Å²) in [4.78, 5) is 13.7. The number of nitrogens with zero attached hydrogens (tertiary/aromatic N) is 1. The Morgan fingerprint density at radius 2 is 2.15 bits per heavy atom. The highest BCUT2D eigenvalue weighted by Crippen LogP contribution is 2.39. The third kappa shape index (κ3) is 3.70. The lowest BCUT2D eigenvalue weighted by molar-refractivity contribution is -0.0449. The first kappa shape index (κ1) is 17.7. The van der Waals surface area contributed by atoms with E-state index in [4.69, 9.17) is 4.74 Å². The van der Waals surface area contributed by atoms with E-state index in [0.29, 0.717) is 30.1 Å². The van der Waals surface area contributed by atoms with Crippen LogP contribution in [-0.2, 0) is 11.3 Å². The molecule has 3 fully saturated rings. The Bertz CT molecular complexity index is 682. The summed E-state index contributed by atoms with van der Waals surface area (Å²) >= 11 is 0. The van der Waals surface area contributed by atoms with Gasteiger partial charge in [0, 0.05) is 31.7 Å². The molecule has 1 saturated carbocycles. The molecule has 0 amide bonds. The minimum Gasteiger partial charge on any atom is -0.478 e. The van der Waals surface area contributed by atoms with Crippen LogP contribution in [0.1, 0.15) is 41.6 Å². The molecular formula is C21H28N2O3. The van der Waals surface area contributed by atoms with E-state index in [0.717, 1.165) is 44.5 Å². The van der Waals surface area contributed by atoms with Gasteiger partial charge in [-0.25, -0.2) is 4.79 Å². The maximum atomic E-state index is 11.4. The normalized spacial score (nSPS) is 30.4. The molecule has 140 valence electrons. The fourth-order valence-corrected chi connectivity index (χ4v) is 4.50. The van der Waals surface area contributed by atoms with Gasteiger partial charge in [-0.3, -0.25) is 4.90 Å². The number of ether oxygens (including phenoxy) is 1. The van der Waals surface area contributed by atoms with Crippen LogP contribution >= 0.6 is 0 Å². The second-order valence-corrected chi connectivity index (χ2v) is 8.04. The summed E-state index contributed by atoms with van der Waals surface area (Å²) in [5.74, 6) is -0.206. The van der Waals surface area contributed by atoms with Crippen molar-refractivity contribution in [3.63, 3.8) is 0 Å². The number of carbonyl (C=O) groups is 1. The Morgan fingerprint density at radius 3 is 2.85 bits per heavy atom. The lowest BCUT2D eigenvalue weighted by Gasteiger charge is -2.38. The van der Waals surface area contributed by atoms with Crippen LogP contribution in [0, 0.1) is 5.92 Å². The van der Waals surface area contributed by atoms with Gasteiger partial charge in [0.05, 0.1) is 17.8 Å². The van der Waals surface area contributed by atoms with Gasteiger partial charge in [0.1, 0.15) is 0 Å². The van der Waals surface area contributed by atoms with E-state index in [1.54, 1.807) is 12.1 Å². The highest BCUT2D eigenvalue weighted by Gasteiger charge is 2.45. The van der Waals surface area contributed by atoms with Crippen molar-refractivity contribution in [2.24, 2.45) is 5.92 Å². The number of hydrogen-bond donors (Lipinski definition) is 2. The molecular weight excluding hydrogens is 328 g/mol. The van der Waals surface area contributed by atoms with Crippen LogP contribution in [0.5, 0.6) is 0 Å². The molecule has 2 aliphatic heterocycles. The average molecular weight is 356 g/mol. The topological polar surface area (TPSA) is 61.8 Å². The fraction of sp³-hybridized carbons (Fsp3) is 0.571. The SMILES string of the molecule is C=C[C@@H]1C[C@H]1NC1COC2(CCN(Cc3ccccc3C(=O)O)CC2)C1. The minimum atomic E-state index is -0.847. The van der Waals surface area contributed by atoms with Crippen molar-refractivity contribution in [3.05, 3.63) is 48.0 Å². The van der Waals surface area contributed by atoms with Gasteiger partial charge in [0.25, 0.3) is 0 Å². The highest BCUT2D eigenvalue weighted by atomic mass is 16.5. The Morgan fingerprint density at radius 1 is 1.38 bits per heavy atom. The lowest BCUT2D eigenvalue weighted by Crippen LogP contribution is -2.44. The first-order valence-electron chi connectivity index (χ1n) is 9.65. The van der Waals surface area contributed by atoms with Crippen LogP contribution in [0.3, 0.4) is 0 Å². The van der Waals surface area contributed by atoms with Crippen LogP contribution in [0.4, 0.5) is 0 Å². The van der Waals surface area contributed by atoms with Crippen molar-refractivity contribution in [2.75, 3.05) is 19.7 Å². The van der Waals surface area contributed by atoms with Gasteiger partial charge in [-0.2, -0.15) is 0 Å². The molecule has 1 spiro atoms. The molecule has 4 rings (SSSR count). The summed E-state index contributed by atoms with van der Waals surface area (Å²) in [6.07, 6.45) is 6.40. The van der Waals surface area contributed by atoms with Crippen LogP contribution in [0.15, 0.2) is 36.9 Å². The van der Waals surface area contributed by atoms with Gasteiger partial charge in [-0.1, -0.05) is 24.3 Å². The number of aromatic carboxylic acids is 1. The number of carboxylic acid groups (broad SMARTS) is 1. The van der Waals surface area contributed by atoms with Gasteiger partial charge < -0.3 is 15.2 Å². The number of benzene rings is 1. The van der Waals surface area contributed by atoms with Gasteiger partial charge in [-0.05, 0) is 43.2 Å². The molecule has 0 aromatic heterocycles. The van der Waals surface area contributed by atoms with Crippen LogP contribution in [0.2, 0.25) is 0 Å². The number of rotatable bonds is 6. The molecule has 1 unspecified atom stereocenters. The number of hydrogen-bond acceptors (Lipinski definition) is 4. The molecule has 2 N–H and O–H groups in total. The minimum absolute atomic E-state index is 0.0129. The van der Waals surface area contributed by atoms with E-state index >= 15 is 0 Å². The Hall–Kier alpha value is -1.69. The maximum absolute atomic E-state index is 11.4. The van der Waals surface area contributed by atoms with Crippen molar-refractivity contribution >= 4 is 5.97 Å². The standard InChI is InChI=1S/C21H28N2O3/c1-2-15-11-19(15)22-17-12-21(26-14-17)7-9-23(10-8-21)13-16-5-3-4-6-18(16)20(24)25/h2-6,15,17,19,22H,1,7-14H2,(H,24,25)/t15-,17?,19-/m1/s1. The molecule has 2 saturated heterocycles. The number of likely N-dealkylation sites (tertiary alicyclic amines) is 1. The van der Waals surface area contributed by atoms with Crippen molar-refractivity contribution < 1.29 is 14.6 Å². The summed E-state index contributed by atoms with van der Waals surface area (Å²) < 4.78 is 6.24. The molecule has 1 aromatic rings. The van der Waals surface area contributed by atoms with Gasteiger partial charge in [-0.15, -0.1) is 6.58 Å². The Labute approximate surface area is 155 Å². The zero-order valence-electron chi connectivity index (χ0n) is 15.2. The van der Waals surface area contributed by atoms with E-state index in [-0.39, 0.29) is 5.60 Å². The summed E-state index contributed by atoms with van der Waals surface area (Å²) in [6, 6.07) is 8.37. The van der Waals surface area contributed by atoms with Gasteiger partial charge >= 0.3 is 5.97 Å². The first-order chi connectivity index (χ1) is 12.6. The zero-order valence-corrected chi connectivity index (χ0v) is 15.2. The van der Waals surface area contributed by atoms with E-state index in [2.05, 4.69) is 22.9 Å². The predicted octanol–water partition coefficient (Wildman–Crippen LogP) is 2.67. The van der Waals surface area contributed by atoms with E-state index < -0.39 is 5.97 Å². The molecule has 1 aromatic carbocycles. The maximum Gasteiger partial charge on any atom is 0.336 e. The molecule has 5 heteroatoms. The largest absolute Gasteiger partial charge is 0.478 e. The first-order valence-corrected chi connectivity index (χ1v) is 9.65. The molecule has 3 aliphatic rings.